The zero-order chi connectivity index (χ0) is 64.8. The molecule has 1 aliphatic heterocycles. The summed E-state index contributed by atoms with van der Waals surface area (Å²) in [5.74, 6) is -10.1. The molecule has 5 rings (SSSR count). The minimum Gasteiger partial charge on any atom is -0.508 e. The number of phenolic OH excluding ortho intramolecular Hbond substituents is 1. The number of aliphatic imine (C=N–C) groups is 1. The zero-order valence-electron chi connectivity index (χ0n) is 50.4. The number of β-amino-alcohol motifs (C(OH)–C–C–N with tert-alkyl or cyclic N) is 1. The Labute approximate surface area is 511 Å². The van der Waals surface area contributed by atoms with E-state index in [1.165, 1.54) is 45.2 Å². The second-order valence-electron chi connectivity index (χ2n) is 23.0. The second kappa shape index (κ2) is 34.0. The monoisotopic (exact) mass is 1220 g/mol. The minimum absolute atomic E-state index is 0.0000528. The summed E-state index contributed by atoms with van der Waals surface area (Å²) in [6.45, 7) is 6.11. The number of phenols is 1. The van der Waals surface area contributed by atoms with Gasteiger partial charge in [-0.2, -0.15) is 0 Å². The van der Waals surface area contributed by atoms with E-state index < -0.39 is 138 Å². The summed E-state index contributed by atoms with van der Waals surface area (Å²) in [5.41, 5.74) is 19.9. The first-order valence-corrected chi connectivity index (χ1v) is 29.5. The Morgan fingerprint density at radius 3 is 2.01 bits per heavy atom. The molecule has 1 aliphatic rings. The second-order valence-corrected chi connectivity index (χ2v) is 23.0. The Kier molecular flexibility index (Phi) is 27.0. The van der Waals surface area contributed by atoms with Crippen molar-refractivity contribution in [1.29, 1.82) is 0 Å². The molecule has 1 saturated heterocycles. The van der Waals surface area contributed by atoms with Crippen molar-refractivity contribution in [1.82, 2.24) is 41.8 Å². The molecule has 17 N–H and O–H groups in total. The van der Waals surface area contributed by atoms with E-state index in [0.717, 1.165) is 21.4 Å². The first kappa shape index (κ1) is 70.0. The summed E-state index contributed by atoms with van der Waals surface area (Å²) < 4.78 is 0. The molecule has 26 nitrogen and oxygen atoms in total. The lowest BCUT2D eigenvalue weighted by molar-refractivity contribution is -0.142. The average Bonchev–Trinajstić information content (AvgIpc) is 2.76. The van der Waals surface area contributed by atoms with E-state index in [1.54, 1.807) is 36.5 Å². The van der Waals surface area contributed by atoms with Crippen LogP contribution in [0.25, 0.3) is 10.9 Å². The first-order chi connectivity index (χ1) is 41.7. The largest absolute Gasteiger partial charge is 0.508 e. The number of aliphatic hydroxyl groups is 3. The third kappa shape index (κ3) is 21.9. The number of likely N-dealkylation sites (tertiary alicyclic amines) is 1. The number of aromatic hydroxyl groups is 1. The molecule has 8 amide bonds. The number of ketones is 2. The average molecular weight is 1220 g/mol. The summed E-state index contributed by atoms with van der Waals surface area (Å²) in [6, 6.07) is 14.3. The maximum Gasteiger partial charge on any atom is 0.246 e. The van der Waals surface area contributed by atoms with E-state index in [-0.39, 0.29) is 82.0 Å². The predicted octanol–water partition coefficient (Wildman–Crippen LogP) is -0.299. The maximum atomic E-state index is 14.3. The normalized spacial score (nSPS) is 17.2. The van der Waals surface area contributed by atoms with Crippen LogP contribution in [0.2, 0.25) is 0 Å². The van der Waals surface area contributed by atoms with E-state index in [2.05, 4.69) is 41.9 Å². The fourth-order valence-corrected chi connectivity index (χ4v) is 10.7. The van der Waals surface area contributed by atoms with Gasteiger partial charge in [0.25, 0.3) is 0 Å². The summed E-state index contributed by atoms with van der Waals surface area (Å²) in [5, 5.41) is 60.3. The number of aliphatic hydroxyl groups excluding tert-OH is 3. The van der Waals surface area contributed by atoms with Gasteiger partial charge in [-0.1, -0.05) is 74.5 Å². The van der Waals surface area contributed by atoms with Crippen LogP contribution in [0.5, 0.6) is 5.75 Å². The molecule has 0 unspecified atom stereocenters. The van der Waals surface area contributed by atoms with Gasteiger partial charge in [0.15, 0.2) is 17.5 Å². The van der Waals surface area contributed by atoms with Crippen molar-refractivity contribution in [3.63, 3.8) is 0 Å². The van der Waals surface area contributed by atoms with E-state index in [4.69, 9.17) is 17.2 Å². The van der Waals surface area contributed by atoms with Crippen LogP contribution in [0, 0.1) is 17.8 Å². The van der Waals surface area contributed by atoms with Crippen LogP contribution in [0.4, 0.5) is 0 Å². The molecule has 0 spiro atoms. The number of carbonyl (C=O) groups is 10. The van der Waals surface area contributed by atoms with Crippen LogP contribution < -0.4 is 49.1 Å². The topological polar surface area (TPSA) is 433 Å². The third-order valence-electron chi connectivity index (χ3n) is 15.4. The van der Waals surface area contributed by atoms with Crippen molar-refractivity contribution >= 4 is 75.7 Å². The highest BCUT2D eigenvalue weighted by Crippen LogP contribution is 2.25. The van der Waals surface area contributed by atoms with Crippen molar-refractivity contribution in [2.45, 2.75) is 159 Å². The van der Waals surface area contributed by atoms with Gasteiger partial charge in [-0.15, -0.1) is 0 Å². The standard InChI is InChI=1S/C62H86N12O14/c1-34(2)24-46(53(80)28-39(14-11-23-67-62(65)66-5)58(85)73-49(57(64)84)27-40-32-68-45-16-10-9-15-43(40)45)70-56(83)22-21-52(79)47(25-37-12-7-6-8-13-37)71-59(86)44(35(3)75)30-54(81)48(31-55(63)82)72-60(87)51-29-42(78)33-74(51)61(88)50(69-36(4)76)26-38-17-19-41(77)20-18-38/h6-10,12-13,15-20,32,34-35,39,42,44,46-52,68,75,77-79H,11,14,21-31,33H2,1-5H3,(H2,63,82)(H2,64,84)(H,69,76)(H,70,83)(H,71,86)(H,72,87)(H,73,85)(H3,65,66,67)/t35-,39-,42-,44+,46+,47+,48+,49+,50-,51+,52-/m1/s1. The molecule has 0 saturated carbocycles. The summed E-state index contributed by atoms with van der Waals surface area (Å²) >= 11 is 0. The molecule has 4 aromatic rings. The van der Waals surface area contributed by atoms with Crippen LogP contribution in [0.15, 0.2) is 90.1 Å². The number of primary amides is 2. The number of amides is 8. The Bertz CT molecular complexity index is 3080. The van der Waals surface area contributed by atoms with Crippen LogP contribution in [-0.4, -0.2) is 170 Å². The number of fused-ring (bicyclic) bond motifs is 1. The van der Waals surface area contributed by atoms with Gasteiger partial charge >= 0.3 is 0 Å². The highest BCUT2D eigenvalue weighted by atomic mass is 16.3. The lowest BCUT2D eigenvalue weighted by Crippen LogP contribution is -2.56. The fraction of sp³-hybridized carbons (Fsp3) is 0.500. The minimum atomic E-state index is -1.69. The molecule has 1 aromatic heterocycles. The molecule has 11 atom stereocenters. The predicted molar refractivity (Wildman–Crippen MR) is 326 cm³/mol. The number of aromatic nitrogens is 1. The van der Waals surface area contributed by atoms with Gasteiger partial charge in [-0.3, -0.25) is 52.9 Å². The number of nitrogens with one attached hydrogen (secondary N) is 7. The number of aromatic amines is 1. The van der Waals surface area contributed by atoms with Gasteiger partial charge in [-0.25, -0.2) is 0 Å². The van der Waals surface area contributed by atoms with Crippen LogP contribution >= 0.6 is 0 Å². The molecular weight excluding hydrogens is 1140 g/mol. The maximum absolute atomic E-state index is 14.3. The van der Waals surface area contributed by atoms with Gasteiger partial charge < -0.3 is 79.4 Å². The number of nitrogens with zero attached hydrogens (tertiary/aromatic N) is 2. The molecular formula is C62H86N12O14. The van der Waals surface area contributed by atoms with E-state index >= 15 is 0 Å². The van der Waals surface area contributed by atoms with Crippen molar-refractivity contribution in [2.24, 2.45) is 39.9 Å². The number of carbonyl (C=O) groups excluding carboxylic acids is 10. The van der Waals surface area contributed by atoms with Gasteiger partial charge in [0.2, 0.25) is 47.3 Å². The van der Waals surface area contributed by atoms with Crippen molar-refractivity contribution in [3.8, 4) is 5.75 Å². The van der Waals surface area contributed by atoms with Crippen molar-refractivity contribution in [2.75, 3.05) is 20.1 Å². The highest BCUT2D eigenvalue weighted by Gasteiger charge is 2.43. The van der Waals surface area contributed by atoms with Gasteiger partial charge in [0.05, 0.1) is 48.8 Å². The molecule has 0 radical (unpaired) electrons. The van der Waals surface area contributed by atoms with E-state index in [0.29, 0.717) is 24.1 Å². The smallest absolute Gasteiger partial charge is 0.246 e. The summed E-state index contributed by atoms with van der Waals surface area (Å²) in [7, 11) is 1.50. The highest BCUT2D eigenvalue weighted by molar-refractivity contribution is 5.98. The molecule has 26 heteroatoms. The molecule has 2 heterocycles. The number of H-pyrrole nitrogens is 1. The number of Topliss-reactive ketones (excluding diaryl/α,β-unsaturated/α-hetero) is 2. The Morgan fingerprint density at radius 2 is 1.38 bits per heavy atom. The van der Waals surface area contributed by atoms with Crippen molar-refractivity contribution in [3.05, 3.63) is 102 Å². The molecule has 3 aromatic carbocycles. The van der Waals surface area contributed by atoms with E-state index in [9.17, 15) is 68.4 Å². The van der Waals surface area contributed by atoms with E-state index in [1.807, 2.05) is 38.1 Å². The van der Waals surface area contributed by atoms with Crippen molar-refractivity contribution < 1.29 is 68.4 Å². The van der Waals surface area contributed by atoms with Gasteiger partial charge in [-0.05, 0) is 79.8 Å². The lowest BCUT2D eigenvalue weighted by Gasteiger charge is -2.30. The quantitative estimate of drug-likeness (QED) is 0.0160. The number of hydrogen-bond acceptors (Lipinski definition) is 15. The number of rotatable bonds is 35. The molecule has 478 valence electrons. The van der Waals surface area contributed by atoms with Gasteiger partial charge in [0.1, 0.15) is 23.9 Å². The van der Waals surface area contributed by atoms with Crippen LogP contribution in [-0.2, 0) is 67.2 Å². The lowest BCUT2D eigenvalue weighted by atomic mass is 9.89. The van der Waals surface area contributed by atoms with Crippen LogP contribution in [0.1, 0.15) is 102 Å². The van der Waals surface area contributed by atoms with Gasteiger partial charge in [0, 0.05) is 88.6 Å². The summed E-state index contributed by atoms with van der Waals surface area (Å²) in [6.07, 6.45) is -4.49. The third-order valence-corrected chi connectivity index (χ3v) is 15.4. The molecule has 0 aliphatic carbocycles. The fourth-order valence-electron chi connectivity index (χ4n) is 10.7. The molecule has 1 fully saturated rings. The first-order valence-electron chi connectivity index (χ1n) is 29.5. The molecule has 88 heavy (non-hydrogen) atoms. The number of nitrogens with two attached hydrogens (primary N) is 3. The Morgan fingerprint density at radius 1 is 0.716 bits per heavy atom. The number of benzene rings is 3. The van der Waals surface area contributed by atoms with Crippen LogP contribution in [0.3, 0.4) is 0 Å². The number of hydrogen-bond donors (Lipinski definition) is 14. The number of guanidine groups is 1. The zero-order valence-corrected chi connectivity index (χ0v) is 50.4. The Hall–Kier alpha value is -8.75. The summed E-state index contributed by atoms with van der Waals surface area (Å²) in [4.78, 5) is 144. The molecule has 0 bridgehead atoms. The number of para-hydroxylation sites is 1. The Balaban J connectivity index is 1.27. The SMILES string of the molecule is CN=C(N)NCCC[C@H](CC(=O)[C@H](CC(C)C)NC(=O)CC[C@@H](O)[C@H](Cc1ccccc1)NC(=O)[C@@H](CC(=O)[C@H](CC(N)=O)NC(=O)[C@@H]1C[C@@H](O)CN1C(=O)[C@@H](Cc1ccc(O)cc1)NC(C)=O)[C@@H](C)O)C(=O)N[C@@H](Cc1c[nH]c2ccccc12)C(N)=O.